The van der Waals surface area contributed by atoms with Crippen molar-refractivity contribution in [1.29, 1.82) is 0 Å². The summed E-state index contributed by atoms with van der Waals surface area (Å²) in [6.07, 6.45) is -8.87. The van der Waals surface area contributed by atoms with Crippen LogP contribution < -0.4 is 0 Å². The first kappa shape index (κ1) is 28.7. The molecule has 224 valence electrons. The summed E-state index contributed by atoms with van der Waals surface area (Å²) in [5.41, 5.74) is -4.00. The molecular formula is C30H32O12. The lowest BCUT2D eigenvalue weighted by molar-refractivity contribution is -0.394. The Hall–Kier alpha value is -3.39. The van der Waals surface area contributed by atoms with Crippen LogP contribution >= 0.6 is 0 Å². The molecule has 0 amide bonds. The van der Waals surface area contributed by atoms with Crippen LogP contribution in [-0.4, -0.2) is 99.6 Å². The van der Waals surface area contributed by atoms with Crippen molar-refractivity contribution in [3.63, 3.8) is 0 Å². The summed E-state index contributed by atoms with van der Waals surface area (Å²) in [5, 5.41) is 43.0. The maximum Gasteiger partial charge on any atom is 0.338 e. The minimum absolute atomic E-state index is 0.0178. The third-order valence-electron chi connectivity index (χ3n) is 9.28. The van der Waals surface area contributed by atoms with E-state index >= 15 is 0 Å². The third kappa shape index (κ3) is 4.16. The largest absolute Gasteiger partial charge is 0.461 e. The first-order valence-electron chi connectivity index (χ1n) is 13.8. The summed E-state index contributed by atoms with van der Waals surface area (Å²) < 4.78 is 28.8. The fourth-order valence-corrected chi connectivity index (χ4v) is 6.99. The number of rotatable bonds is 8. The predicted octanol–water partition coefficient (Wildman–Crippen LogP) is 0.350. The second-order valence-electron chi connectivity index (χ2n) is 11.5. The highest BCUT2D eigenvalue weighted by Crippen LogP contribution is 2.73. The van der Waals surface area contributed by atoms with E-state index in [9.17, 15) is 34.8 Å². The number of carbonyl (C=O) groups excluding carboxylic acids is 3. The van der Waals surface area contributed by atoms with Gasteiger partial charge in [-0.3, -0.25) is 4.79 Å². The van der Waals surface area contributed by atoms with Crippen molar-refractivity contribution in [2.24, 2.45) is 11.3 Å². The lowest BCUT2D eigenvalue weighted by Crippen LogP contribution is -2.80. The van der Waals surface area contributed by atoms with Crippen LogP contribution in [-0.2, 0) is 28.5 Å². The van der Waals surface area contributed by atoms with E-state index in [1.165, 1.54) is 0 Å². The Morgan fingerprint density at radius 3 is 2.07 bits per heavy atom. The minimum Gasteiger partial charge on any atom is -0.461 e. The molecule has 2 saturated heterocycles. The number of hydrogen-bond donors (Lipinski definition) is 4. The van der Waals surface area contributed by atoms with Crippen molar-refractivity contribution in [2.45, 2.75) is 67.8 Å². The van der Waals surface area contributed by atoms with Gasteiger partial charge in [-0.1, -0.05) is 36.4 Å². The number of hydrogen-bond acceptors (Lipinski definition) is 12. The maximum absolute atomic E-state index is 13.5. The third-order valence-corrected chi connectivity index (χ3v) is 9.28. The summed E-state index contributed by atoms with van der Waals surface area (Å²) in [4.78, 5) is 38.7. The molecule has 12 nitrogen and oxygen atoms in total. The summed E-state index contributed by atoms with van der Waals surface area (Å²) in [5.74, 6) is -2.77. The van der Waals surface area contributed by atoms with Crippen molar-refractivity contribution in [2.75, 3.05) is 13.2 Å². The van der Waals surface area contributed by atoms with Crippen molar-refractivity contribution in [3.05, 3.63) is 71.8 Å². The zero-order valence-corrected chi connectivity index (χ0v) is 22.7. The molecule has 42 heavy (non-hydrogen) atoms. The molecule has 3 saturated carbocycles. The smallest absolute Gasteiger partial charge is 0.338 e. The van der Waals surface area contributed by atoms with Crippen LogP contribution in [0.25, 0.3) is 0 Å². The van der Waals surface area contributed by atoms with Crippen molar-refractivity contribution in [3.8, 4) is 0 Å². The van der Waals surface area contributed by atoms with Gasteiger partial charge >= 0.3 is 17.9 Å². The van der Waals surface area contributed by atoms with E-state index in [4.69, 9.17) is 23.7 Å². The van der Waals surface area contributed by atoms with Crippen LogP contribution in [0.15, 0.2) is 60.7 Å². The standard InChI is InChI=1S/C30H32O12/c1-28-13-19(31)18-12-30(28,29(18,27(37)42-28)15-39-25(36)17-10-6-3-7-11-17)41-26-23(34)22(33)21(32)20(40-26)14-38-24(35)16-8-4-2-5-9-16/h2-11,18-23,26,31-34H,12-15H2,1H3/t18-,19+,20+,21+,22-,23+,26-,28-,29-,30-/m0/s1. The predicted molar refractivity (Wildman–Crippen MR) is 140 cm³/mol. The van der Waals surface area contributed by atoms with Crippen LogP contribution in [0.2, 0.25) is 0 Å². The van der Waals surface area contributed by atoms with E-state index in [-0.39, 0.29) is 24.0 Å². The van der Waals surface area contributed by atoms with Gasteiger partial charge in [0.25, 0.3) is 0 Å². The van der Waals surface area contributed by atoms with Gasteiger partial charge in [0.15, 0.2) is 6.29 Å². The van der Waals surface area contributed by atoms with Crippen molar-refractivity contribution >= 4 is 17.9 Å². The molecule has 2 aromatic rings. The first-order valence-corrected chi connectivity index (χ1v) is 13.8. The molecular weight excluding hydrogens is 552 g/mol. The number of carbonyl (C=O) groups is 3. The molecule has 12 heteroatoms. The normalized spacial score (nSPS) is 40.0. The van der Waals surface area contributed by atoms with E-state index in [2.05, 4.69) is 0 Å². The van der Waals surface area contributed by atoms with Gasteiger partial charge in [0, 0.05) is 12.3 Å². The van der Waals surface area contributed by atoms with Crippen molar-refractivity contribution in [1.82, 2.24) is 0 Å². The Labute approximate surface area is 240 Å². The molecule has 7 rings (SSSR count). The number of aliphatic hydroxyl groups excluding tert-OH is 4. The van der Waals surface area contributed by atoms with Gasteiger partial charge in [-0.25, -0.2) is 9.59 Å². The zero-order valence-electron chi connectivity index (χ0n) is 22.7. The highest BCUT2D eigenvalue weighted by Gasteiger charge is 2.88. The average Bonchev–Trinajstić information content (AvgIpc) is 3.05. The van der Waals surface area contributed by atoms with Gasteiger partial charge in [-0.2, -0.15) is 0 Å². The SMILES string of the molecule is C[C@]12C[C@@H](O)[C@@H]3C[C@@]1(O[C@@H]1O[C@H](COC(=O)c4ccccc4)[C@@H](O)[C@H](O)[C@H]1O)[C@]3(COC(=O)c1ccccc1)C(=O)O2. The second-order valence-corrected chi connectivity index (χ2v) is 11.5. The Morgan fingerprint density at radius 2 is 1.45 bits per heavy atom. The van der Waals surface area contributed by atoms with E-state index in [0.717, 1.165) is 0 Å². The maximum atomic E-state index is 13.5. The lowest BCUT2D eigenvalue weighted by Gasteiger charge is -2.66. The first-order chi connectivity index (χ1) is 20.0. The molecule has 0 spiro atoms. The minimum atomic E-state index is -1.76. The highest BCUT2D eigenvalue weighted by atomic mass is 16.7. The monoisotopic (exact) mass is 584 g/mol. The van der Waals surface area contributed by atoms with Crippen LogP contribution in [0.4, 0.5) is 0 Å². The van der Waals surface area contributed by atoms with Gasteiger partial charge in [0.1, 0.15) is 54.2 Å². The second kappa shape index (κ2) is 10.4. The number of aliphatic hydroxyl groups is 4. The Morgan fingerprint density at radius 1 is 0.857 bits per heavy atom. The number of fused-ring (bicyclic) bond motifs is 1. The molecule has 3 aliphatic carbocycles. The van der Waals surface area contributed by atoms with Gasteiger partial charge in [-0.05, 0) is 37.6 Å². The number of benzene rings is 2. The van der Waals surface area contributed by atoms with Gasteiger partial charge in [0.05, 0.1) is 17.2 Å². The molecule has 5 aliphatic rings. The summed E-state index contributed by atoms with van der Waals surface area (Å²) >= 11 is 0. The summed E-state index contributed by atoms with van der Waals surface area (Å²) in [6, 6.07) is 16.3. The van der Waals surface area contributed by atoms with E-state index < -0.39 is 90.5 Å². The Balaban J connectivity index is 1.24. The van der Waals surface area contributed by atoms with Gasteiger partial charge in [0.2, 0.25) is 0 Å². The molecule has 4 bridgehead atoms. The molecule has 2 aliphatic heterocycles. The Bertz CT molecular complexity index is 1350. The molecule has 4 N–H and O–H groups in total. The fraction of sp³-hybridized carbons (Fsp3) is 0.500. The molecule has 2 aromatic carbocycles. The fourth-order valence-electron chi connectivity index (χ4n) is 6.99. The van der Waals surface area contributed by atoms with Crippen LogP contribution in [0.5, 0.6) is 0 Å². The topological polar surface area (TPSA) is 178 Å². The quantitative estimate of drug-likeness (QED) is 0.248. The van der Waals surface area contributed by atoms with Crippen LogP contribution in [0.1, 0.15) is 40.5 Å². The molecule has 2 heterocycles. The molecule has 5 fully saturated rings. The number of ether oxygens (including phenoxy) is 5. The molecule has 0 aromatic heterocycles. The average molecular weight is 585 g/mol. The Kier molecular flexibility index (Phi) is 7.11. The van der Waals surface area contributed by atoms with Crippen LogP contribution in [0, 0.1) is 11.3 Å². The molecule has 0 unspecified atom stereocenters. The summed E-state index contributed by atoms with van der Waals surface area (Å²) in [6.45, 7) is 0.645. The van der Waals surface area contributed by atoms with E-state index in [0.29, 0.717) is 0 Å². The number of esters is 3. The van der Waals surface area contributed by atoms with Crippen molar-refractivity contribution < 1.29 is 58.5 Å². The van der Waals surface area contributed by atoms with Crippen LogP contribution in [0.3, 0.4) is 0 Å². The zero-order chi connectivity index (χ0) is 29.9. The summed E-state index contributed by atoms with van der Waals surface area (Å²) in [7, 11) is 0. The molecule has 10 atom stereocenters. The van der Waals surface area contributed by atoms with E-state index in [1.54, 1.807) is 67.6 Å². The van der Waals surface area contributed by atoms with Gasteiger partial charge in [-0.15, -0.1) is 0 Å². The van der Waals surface area contributed by atoms with E-state index in [1.807, 2.05) is 0 Å². The van der Waals surface area contributed by atoms with Gasteiger partial charge < -0.3 is 44.1 Å². The highest BCUT2D eigenvalue weighted by molar-refractivity contribution is 5.91. The molecule has 0 radical (unpaired) electrons. The lowest BCUT2D eigenvalue weighted by atomic mass is 9.40.